The van der Waals surface area contributed by atoms with E-state index in [4.69, 9.17) is 0 Å². The molecule has 6 nitrogen and oxygen atoms in total. The molecule has 7 heteroatoms. The van der Waals surface area contributed by atoms with E-state index in [1.807, 2.05) is 26.8 Å². The molecule has 3 amide bonds. The van der Waals surface area contributed by atoms with Gasteiger partial charge >= 0.3 is 0 Å². The molecular weight excluding hydrogens is 422 g/mol. The Bertz CT molecular complexity index is 864. The van der Waals surface area contributed by atoms with Gasteiger partial charge < -0.3 is 16.0 Å². The van der Waals surface area contributed by atoms with Crippen LogP contribution in [-0.4, -0.2) is 24.3 Å². The summed E-state index contributed by atoms with van der Waals surface area (Å²) in [5.41, 5.74) is 2.68. The first-order valence-electron chi connectivity index (χ1n) is 9.01. The van der Waals surface area contributed by atoms with Crippen molar-refractivity contribution in [1.29, 1.82) is 0 Å². The molecule has 0 aliphatic heterocycles. The maximum atomic E-state index is 12.2. The molecule has 0 aromatic heterocycles. The lowest BCUT2D eigenvalue weighted by Crippen LogP contribution is -2.27. The van der Waals surface area contributed by atoms with E-state index in [0.717, 1.165) is 10.0 Å². The van der Waals surface area contributed by atoms with Gasteiger partial charge in [-0.1, -0.05) is 35.8 Å². The van der Waals surface area contributed by atoms with Gasteiger partial charge in [-0.3, -0.25) is 14.4 Å². The third-order valence-electron chi connectivity index (χ3n) is 4.05. The second-order valence-electron chi connectivity index (χ2n) is 6.73. The number of halogens is 1. The van der Waals surface area contributed by atoms with Gasteiger partial charge in [-0.25, -0.2) is 0 Å². The van der Waals surface area contributed by atoms with Crippen LogP contribution in [-0.2, 0) is 9.59 Å². The fourth-order valence-electron chi connectivity index (χ4n) is 2.33. The summed E-state index contributed by atoms with van der Waals surface area (Å²) in [6.45, 7) is 5.73. The van der Waals surface area contributed by atoms with Crippen LogP contribution in [0.4, 0.5) is 11.4 Å². The fourth-order valence-corrected chi connectivity index (χ4v) is 2.59. The highest BCUT2D eigenvalue weighted by Gasteiger charge is 2.11. The minimum Gasteiger partial charge on any atom is -0.352 e. The van der Waals surface area contributed by atoms with Crippen molar-refractivity contribution >= 4 is 45.0 Å². The highest BCUT2D eigenvalue weighted by atomic mass is 79.9. The lowest BCUT2D eigenvalue weighted by molar-refractivity contribution is -0.119. The minimum absolute atomic E-state index is 0.0863. The van der Waals surface area contributed by atoms with E-state index in [0.29, 0.717) is 16.9 Å². The average Bonchev–Trinajstić information content (AvgIpc) is 2.64. The summed E-state index contributed by atoms with van der Waals surface area (Å²) < 4.78 is 0.894. The van der Waals surface area contributed by atoms with Crippen LogP contribution in [0.3, 0.4) is 0 Å². The third-order valence-corrected chi connectivity index (χ3v) is 4.58. The van der Waals surface area contributed by atoms with Gasteiger partial charge in [0.25, 0.3) is 5.91 Å². The van der Waals surface area contributed by atoms with E-state index in [1.165, 1.54) is 0 Å². The molecule has 0 atom stereocenters. The summed E-state index contributed by atoms with van der Waals surface area (Å²) in [5, 5.41) is 8.37. The molecule has 3 N–H and O–H groups in total. The van der Waals surface area contributed by atoms with E-state index < -0.39 is 0 Å². The zero-order valence-corrected chi connectivity index (χ0v) is 17.7. The Labute approximate surface area is 173 Å². The van der Waals surface area contributed by atoms with Gasteiger partial charge in [0.2, 0.25) is 11.8 Å². The van der Waals surface area contributed by atoms with Crippen LogP contribution in [0, 0.1) is 12.8 Å². The molecule has 0 aliphatic carbocycles. The number of hydrogen-bond donors (Lipinski definition) is 3. The summed E-state index contributed by atoms with van der Waals surface area (Å²) in [5.74, 6) is -0.660. The molecule has 0 spiro atoms. The Morgan fingerprint density at radius 3 is 2.32 bits per heavy atom. The fraction of sp³-hybridized carbons (Fsp3) is 0.286. The van der Waals surface area contributed by atoms with Gasteiger partial charge in [0.15, 0.2) is 0 Å². The molecule has 0 aliphatic rings. The molecule has 0 bridgehead atoms. The summed E-state index contributed by atoms with van der Waals surface area (Å²) >= 11 is 3.32. The zero-order valence-electron chi connectivity index (χ0n) is 16.1. The van der Waals surface area contributed by atoms with Crippen molar-refractivity contribution in [1.82, 2.24) is 5.32 Å². The molecule has 148 valence electrons. The summed E-state index contributed by atoms with van der Waals surface area (Å²) in [6, 6.07) is 12.4. The normalized spacial score (nSPS) is 10.5. The molecule has 0 saturated heterocycles. The van der Waals surface area contributed by atoms with E-state index in [-0.39, 0.29) is 36.6 Å². The second kappa shape index (κ2) is 10.0. The van der Waals surface area contributed by atoms with Gasteiger partial charge in [-0.05, 0) is 48.9 Å². The van der Waals surface area contributed by atoms with Crippen LogP contribution in [0.25, 0.3) is 0 Å². The van der Waals surface area contributed by atoms with Crippen molar-refractivity contribution in [2.24, 2.45) is 5.92 Å². The van der Waals surface area contributed by atoms with Gasteiger partial charge in [-0.2, -0.15) is 0 Å². The van der Waals surface area contributed by atoms with Crippen LogP contribution in [0.5, 0.6) is 0 Å². The molecule has 0 radical (unpaired) electrons. The Morgan fingerprint density at radius 1 is 1.00 bits per heavy atom. The van der Waals surface area contributed by atoms with E-state index in [2.05, 4.69) is 31.9 Å². The largest absolute Gasteiger partial charge is 0.352 e. The van der Waals surface area contributed by atoms with Crippen molar-refractivity contribution < 1.29 is 14.4 Å². The number of benzene rings is 2. The average molecular weight is 446 g/mol. The summed E-state index contributed by atoms with van der Waals surface area (Å²) in [7, 11) is 0. The summed E-state index contributed by atoms with van der Waals surface area (Å²) in [4.78, 5) is 36.1. The predicted molar refractivity (Wildman–Crippen MR) is 114 cm³/mol. The SMILES string of the molecule is Cc1ccc(NC(=O)C(C)C)cc1NC(=O)CCNC(=O)c1ccc(Br)cc1. The maximum absolute atomic E-state index is 12.2. The predicted octanol–water partition coefficient (Wildman–Crippen LogP) is 4.11. The first-order chi connectivity index (χ1) is 13.3. The number of nitrogens with one attached hydrogen (secondary N) is 3. The van der Waals surface area contributed by atoms with Crippen molar-refractivity contribution in [3.63, 3.8) is 0 Å². The highest BCUT2D eigenvalue weighted by Crippen LogP contribution is 2.21. The van der Waals surface area contributed by atoms with Gasteiger partial charge in [0.05, 0.1) is 0 Å². The minimum atomic E-state index is -0.227. The molecule has 0 unspecified atom stereocenters. The first-order valence-corrected chi connectivity index (χ1v) is 9.80. The number of amides is 3. The maximum Gasteiger partial charge on any atom is 0.251 e. The first kappa shape index (κ1) is 21.6. The van der Waals surface area contributed by atoms with Crippen molar-refractivity contribution in [2.75, 3.05) is 17.2 Å². The Kier molecular flexibility index (Phi) is 7.75. The van der Waals surface area contributed by atoms with Crippen LogP contribution in [0.1, 0.15) is 36.2 Å². The monoisotopic (exact) mass is 445 g/mol. The molecular formula is C21H24BrN3O3. The zero-order chi connectivity index (χ0) is 20.7. The molecule has 2 aromatic carbocycles. The van der Waals surface area contributed by atoms with E-state index in [9.17, 15) is 14.4 Å². The number of carbonyl (C=O) groups excluding carboxylic acids is 3. The quantitative estimate of drug-likeness (QED) is 0.598. The van der Waals surface area contributed by atoms with Crippen molar-refractivity contribution in [3.05, 3.63) is 58.1 Å². The van der Waals surface area contributed by atoms with Crippen molar-refractivity contribution in [2.45, 2.75) is 27.2 Å². The van der Waals surface area contributed by atoms with Gasteiger partial charge in [-0.15, -0.1) is 0 Å². The molecule has 2 rings (SSSR count). The van der Waals surface area contributed by atoms with Gasteiger partial charge in [0, 0.05) is 40.3 Å². The smallest absolute Gasteiger partial charge is 0.251 e. The molecule has 0 heterocycles. The number of hydrogen-bond acceptors (Lipinski definition) is 3. The molecule has 2 aromatic rings. The number of carbonyl (C=O) groups is 3. The summed E-state index contributed by atoms with van der Waals surface area (Å²) in [6.07, 6.45) is 0.143. The second-order valence-corrected chi connectivity index (χ2v) is 7.65. The molecule has 0 saturated carbocycles. The standard InChI is InChI=1S/C21H24BrN3O3/c1-13(2)20(27)24-17-9-4-14(3)18(12-17)25-19(26)10-11-23-21(28)15-5-7-16(22)8-6-15/h4-9,12-13H,10-11H2,1-3H3,(H,23,28)(H,24,27)(H,25,26). The topological polar surface area (TPSA) is 87.3 Å². The van der Waals surface area contributed by atoms with Crippen LogP contribution in [0.2, 0.25) is 0 Å². The van der Waals surface area contributed by atoms with Crippen LogP contribution < -0.4 is 16.0 Å². The molecule has 0 fully saturated rings. The Morgan fingerprint density at radius 2 is 1.68 bits per heavy atom. The lowest BCUT2D eigenvalue weighted by atomic mass is 10.1. The van der Waals surface area contributed by atoms with E-state index >= 15 is 0 Å². The van der Waals surface area contributed by atoms with E-state index in [1.54, 1.807) is 36.4 Å². The van der Waals surface area contributed by atoms with Gasteiger partial charge in [0.1, 0.15) is 0 Å². The van der Waals surface area contributed by atoms with Crippen molar-refractivity contribution in [3.8, 4) is 0 Å². The highest BCUT2D eigenvalue weighted by molar-refractivity contribution is 9.10. The third kappa shape index (κ3) is 6.49. The van der Waals surface area contributed by atoms with Crippen LogP contribution >= 0.6 is 15.9 Å². The Balaban J connectivity index is 1.87. The number of rotatable bonds is 7. The lowest BCUT2D eigenvalue weighted by Gasteiger charge is -2.13. The molecule has 28 heavy (non-hydrogen) atoms. The van der Waals surface area contributed by atoms with Crippen LogP contribution in [0.15, 0.2) is 46.9 Å². The number of aryl methyl sites for hydroxylation is 1. The number of anilines is 2. The Hall–Kier alpha value is -2.67.